The van der Waals surface area contributed by atoms with E-state index >= 15 is 0 Å². The lowest BCUT2D eigenvalue weighted by Gasteiger charge is -2.34. The Hall–Kier alpha value is -0.610. The molecule has 1 atom stereocenters. The van der Waals surface area contributed by atoms with Crippen LogP contribution in [-0.2, 0) is 0 Å². The second-order valence-electron chi connectivity index (χ2n) is 3.96. The molecule has 0 amide bonds. The van der Waals surface area contributed by atoms with Crippen molar-refractivity contribution in [3.05, 3.63) is 0 Å². The van der Waals surface area contributed by atoms with E-state index in [1.807, 2.05) is 6.34 Å². The van der Waals surface area contributed by atoms with Crippen molar-refractivity contribution in [3.8, 4) is 0 Å². The predicted octanol–water partition coefficient (Wildman–Crippen LogP) is 0.0585. The first-order valence-corrected chi connectivity index (χ1v) is 5.00. The highest BCUT2D eigenvalue weighted by atomic mass is 15.4. The van der Waals surface area contributed by atoms with E-state index in [1.54, 1.807) is 0 Å². The molecule has 1 saturated heterocycles. The summed E-state index contributed by atoms with van der Waals surface area (Å²) in [6, 6.07) is 0. The number of nitrogens with zero attached hydrogens (tertiary/aromatic N) is 3. The molecular formula is C9H18N4. The summed E-state index contributed by atoms with van der Waals surface area (Å²) >= 11 is 0. The summed E-state index contributed by atoms with van der Waals surface area (Å²) in [5.41, 5.74) is 6.05. The first-order chi connectivity index (χ1) is 6.30. The Morgan fingerprint density at radius 3 is 3.15 bits per heavy atom. The highest BCUT2D eigenvalue weighted by Gasteiger charge is 2.42. The molecule has 0 aromatic carbocycles. The zero-order valence-corrected chi connectivity index (χ0v) is 8.24. The highest BCUT2D eigenvalue weighted by Crippen LogP contribution is 2.31. The van der Waals surface area contributed by atoms with Crippen LogP contribution in [0, 0.1) is 0 Å². The Kier molecular flexibility index (Phi) is 2.26. The van der Waals surface area contributed by atoms with Crippen molar-refractivity contribution in [1.82, 2.24) is 9.80 Å². The zero-order chi connectivity index (χ0) is 9.31. The first-order valence-electron chi connectivity index (χ1n) is 5.00. The van der Waals surface area contributed by atoms with Crippen molar-refractivity contribution in [2.75, 3.05) is 26.4 Å². The SMILES string of the molecule is CCC12CCN=CN(CN1CN)C2. The molecule has 0 radical (unpaired) electrons. The fourth-order valence-electron chi connectivity index (χ4n) is 2.42. The third-order valence-corrected chi connectivity index (χ3v) is 3.35. The van der Waals surface area contributed by atoms with Gasteiger partial charge in [0.1, 0.15) is 0 Å². The van der Waals surface area contributed by atoms with E-state index in [-0.39, 0.29) is 0 Å². The molecule has 13 heavy (non-hydrogen) atoms. The lowest BCUT2D eigenvalue weighted by Crippen LogP contribution is -2.48. The van der Waals surface area contributed by atoms with Crippen LogP contribution < -0.4 is 5.73 Å². The van der Waals surface area contributed by atoms with Gasteiger partial charge >= 0.3 is 0 Å². The predicted molar refractivity (Wildman–Crippen MR) is 53.5 cm³/mol. The molecule has 0 spiro atoms. The van der Waals surface area contributed by atoms with Crippen LogP contribution in [0.15, 0.2) is 4.99 Å². The van der Waals surface area contributed by atoms with Crippen LogP contribution in [-0.4, -0.2) is 48.1 Å². The van der Waals surface area contributed by atoms with E-state index in [9.17, 15) is 0 Å². The standard InChI is InChI=1S/C9H18N4/c1-2-9-3-4-11-7-12(5-9)8-13(9)6-10/h7H,2-6,8,10H2,1H3. The molecule has 0 aromatic rings. The molecule has 74 valence electrons. The molecule has 2 heterocycles. The normalized spacial score (nSPS) is 33.8. The van der Waals surface area contributed by atoms with Crippen molar-refractivity contribution >= 4 is 6.34 Å². The largest absolute Gasteiger partial charge is 0.348 e. The van der Waals surface area contributed by atoms with E-state index < -0.39 is 0 Å². The average molecular weight is 182 g/mol. The van der Waals surface area contributed by atoms with E-state index in [4.69, 9.17) is 5.73 Å². The van der Waals surface area contributed by atoms with Crippen LogP contribution in [0.25, 0.3) is 0 Å². The fourth-order valence-corrected chi connectivity index (χ4v) is 2.42. The highest BCUT2D eigenvalue weighted by molar-refractivity contribution is 5.56. The molecule has 4 heteroatoms. The molecule has 1 fully saturated rings. The lowest BCUT2D eigenvalue weighted by atomic mass is 9.92. The minimum Gasteiger partial charge on any atom is -0.348 e. The van der Waals surface area contributed by atoms with Crippen LogP contribution in [0.5, 0.6) is 0 Å². The molecule has 0 saturated carbocycles. The van der Waals surface area contributed by atoms with Crippen LogP contribution in [0.1, 0.15) is 19.8 Å². The van der Waals surface area contributed by atoms with Crippen LogP contribution in [0.4, 0.5) is 0 Å². The van der Waals surface area contributed by atoms with E-state index in [0.29, 0.717) is 12.2 Å². The number of fused-ring (bicyclic) bond motifs is 2. The summed E-state index contributed by atoms with van der Waals surface area (Å²) in [4.78, 5) is 8.99. The number of rotatable bonds is 2. The van der Waals surface area contributed by atoms with Gasteiger partial charge in [-0.25, -0.2) is 0 Å². The van der Waals surface area contributed by atoms with E-state index in [2.05, 4.69) is 21.7 Å². The van der Waals surface area contributed by atoms with Crippen molar-refractivity contribution in [2.45, 2.75) is 25.3 Å². The summed E-state index contributed by atoms with van der Waals surface area (Å²) in [7, 11) is 0. The van der Waals surface area contributed by atoms with Gasteiger partial charge in [-0.1, -0.05) is 6.92 Å². The van der Waals surface area contributed by atoms with Gasteiger partial charge in [0.25, 0.3) is 0 Å². The summed E-state index contributed by atoms with van der Waals surface area (Å²) in [5.74, 6) is 0. The van der Waals surface area contributed by atoms with Crippen LogP contribution in [0.3, 0.4) is 0 Å². The molecule has 2 N–H and O–H groups in total. The van der Waals surface area contributed by atoms with Gasteiger partial charge < -0.3 is 10.6 Å². The van der Waals surface area contributed by atoms with Gasteiger partial charge in [-0.05, 0) is 12.8 Å². The third kappa shape index (κ3) is 1.34. The molecule has 1 unspecified atom stereocenters. The Morgan fingerprint density at radius 2 is 2.46 bits per heavy atom. The first kappa shape index (κ1) is 8.97. The molecule has 0 aliphatic carbocycles. The molecule has 4 nitrogen and oxygen atoms in total. The summed E-state index contributed by atoms with van der Waals surface area (Å²) in [6.45, 7) is 5.91. The van der Waals surface area contributed by atoms with Gasteiger partial charge in [0, 0.05) is 25.3 Å². The fraction of sp³-hybridized carbons (Fsp3) is 0.889. The molecule has 2 aliphatic heterocycles. The Bertz CT molecular complexity index is 216. The van der Waals surface area contributed by atoms with Crippen LogP contribution in [0.2, 0.25) is 0 Å². The van der Waals surface area contributed by atoms with Crippen molar-refractivity contribution in [2.24, 2.45) is 10.7 Å². The summed E-state index contributed by atoms with van der Waals surface area (Å²) in [6.07, 6.45) is 4.30. The van der Waals surface area contributed by atoms with Gasteiger partial charge in [0.05, 0.1) is 13.0 Å². The summed E-state index contributed by atoms with van der Waals surface area (Å²) < 4.78 is 0. The van der Waals surface area contributed by atoms with Crippen molar-refractivity contribution < 1.29 is 0 Å². The number of hydrogen-bond donors (Lipinski definition) is 1. The van der Waals surface area contributed by atoms with Crippen LogP contribution >= 0.6 is 0 Å². The van der Waals surface area contributed by atoms with Crippen molar-refractivity contribution in [1.29, 1.82) is 0 Å². The smallest absolute Gasteiger partial charge is 0.0860 e. The Balaban J connectivity index is 2.21. The van der Waals surface area contributed by atoms with Gasteiger partial charge in [0.2, 0.25) is 0 Å². The maximum Gasteiger partial charge on any atom is 0.0860 e. The zero-order valence-electron chi connectivity index (χ0n) is 8.24. The van der Waals surface area contributed by atoms with E-state index in [1.165, 1.54) is 6.42 Å². The second-order valence-corrected chi connectivity index (χ2v) is 3.96. The monoisotopic (exact) mass is 182 g/mol. The lowest BCUT2D eigenvalue weighted by molar-refractivity contribution is 0.135. The topological polar surface area (TPSA) is 44.9 Å². The quantitative estimate of drug-likeness (QED) is 0.656. The number of nitrogens with two attached hydrogens (primary N) is 1. The van der Waals surface area contributed by atoms with E-state index in [0.717, 1.165) is 26.2 Å². The average Bonchev–Trinajstić information content (AvgIpc) is 2.35. The van der Waals surface area contributed by atoms with Crippen molar-refractivity contribution in [3.63, 3.8) is 0 Å². The maximum absolute atomic E-state index is 5.76. The summed E-state index contributed by atoms with van der Waals surface area (Å²) in [5, 5.41) is 0. The van der Waals surface area contributed by atoms with Gasteiger partial charge in [0.15, 0.2) is 0 Å². The number of aliphatic imine (C=N–C) groups is 1. The molecular weight excluding hydrogens is 164 g/mol. The third-order valence-electron chi connectivity index (χ3n) is 3.35. The molecule has 2 aliphatic rings. The number of hydrogen-bond acceptors (Lipinski definition) is 4. The van der Waals surface area contributed by atoms with Gasteiger partial charge in [-0.2, -0.15) is 0 Å². The minimum absolute atomic E-state index is 0.297. The Labute approximate surface area is 79.4 Å². The molecule has 2 rings (SSSR count). The maximum atomic E-state index is 5.76. The van der Waals surface area contributed by atoms with Gasteiger partial charge in [-0.15, -0.1) is 0 Å². The van der Waals surface area contributed by atoms with Gasteiger partial charge in [-0.3, -0.25) is 9.89 Å². The second kappa shape index (κ2) is 3.27. The molecule has 2 bridgehead atoms. The Morgan fingerprint density at radius 1 is 1.62 bits per heavy atom. The molecule has 0 aromatic heterocycles. The minimum atomic E-state index is 0.297.